The summed E-state index contributed by atoms with van der Waals surface area (Å²) in [5.41, 5.74) is 1.23. The van der Waals surface area contributed by atoms with E-state index in [0.717, 1.165) is 0 Å². The number of hydrogen-bond donors (Lipinski definition) is 1. The lowest BCUT2D eigenvalue weighted by molar-refractivity contribution is -0.0272. The fourth-order valence-corrected chi connectivity index (χ4v) is 3.78. The van der Waals surface area contributed by atoms with E-state index < -0.39 is 0 Å². The monoisotopic (exact) mass is 455 g/mol. The van der Waals surface area contributed by atoms with Crippen LogP contribution in [0.15, 0.2) is 48.5 Å². The van der Waals surface area contributed by atoms with Crippen LogP contribution in [-0.2, 0) is 4.74 Å². The van der Waals surface area contributed by atoms with Gasteiger partial charge in [-0.2, -0.15) is 0 Å². The van der Waals surface area contributed by atoms with E-state index in [2.05, 4.69) is 19.2 Å². The third-order valence-electron chi connectivity index (χ3n) is 5.36. The Morgan fingerprint density at radius 1 is 1.12 bits per heavy atom. The largest absolute Gasteiger partial charge is 0.497 e. The summed E-state index contributed by atoms with van der Waals surface area (Å²) < 4.78 is 16.4. The number of benzene rings is 2. The standard InChI is InChI=1S/C25H33N3O5/c1-18(2)15-28(24(29)19-7-5-9-21(13-19)31-3)17-23-16-27(11-12-33-23)25(30)26-20-8-6-10-22(14-20)32-4/h5-10,13-14,18,23H,11-12,15-17H2,1-4H3,(H,26,30)/t23-/m1/s1. The van der Waals surface area contributed by atoms with E-state index in [0.29, 0.717) is 55.5 Å². The molecule has 3 rings (SSSR count). The molecule has 1 aliphatic rings. The predicted octanol–water partition coefficient (Wildman–Crippen LogP) is 3.73. The van der Waals surface area contributed by atoms with Gasteiger partial charge in [-0.3, -0.25) is 4.79 Å². The second-order valence-electron chi connectivity index (χ2n) is 8.44. The quantitative estimate of drug-likeness (QED) is 0.656. The van der Waals surface area contributed by atoms with Crippen molar-refractivity contribution in [3.05, 3.63) is 54.1 Å². The predicted molar refractivity (Wildman–Crippen MR) is 127 cm³/mol. The molecule has 0 bridgehead atoms. The molecule has 1 aliphatic heterocycles. The van der Waals surface area contributed by atoms with Crippen LogP contribution in [0, 0.1) is 5.92 Å². The van der Waals surface area contributed by atoms with Crippen LogP contribution in [0.4, 0.5) is 10.5 Å². The minimum atomic E-state index is -0.275. The summed E-state index contributed by atoms with van der Waals surface area (Å²) in [6.45, 7) is 6.43. The van der Waals surface area contributed by atoms with Gasteiger partial charge in [-0.15, -0.1) is 0 Å². The number of hydrogen-bond acceptors (Lipinski definition) is 5. The Balaban J connectivity index is 1.66. The number of urea groups is 1. The minimum Gasteiger partial charge on any atom is -0.497 e. The maximum atomic E-state index is 13.2. The van der Waals surface area contributed by atoms with Gasteiger partial charge in [0.15, 0.2) is 0 Å². The normalized spacial score (nSPS) is 15.8. The summed E-state index contributed by atoms with van der Waals surface area (Å²) in [5, 5.41) is 2.91. The number of rotatable bonds is 8. The first-order valence-corrected chi connectivity index (χ1v) is 11.1. The van der Waals surface area contributed by atoms with Gasteiger partial charge in [0.25, 0.3) is 5.91 Å². The zero-order chi connectivity index (χ0) is 23.8. The zero-order valence-electron chi connectivity index (χ0n) is 19.7. The van der Waals surface area contributed by atoms with E-state index in [9.17, 15) is 9.59 Å². The highest BCUT2D eigenvalue weighted by molar-refractivity contribution is 5.94. The SMILES string of the molecule is COc1cccc(NC(=O)N2CCO[C@@H](CN(CC(C)C)C(=O)c3cccc(OC)c3)C2)c1. The molecule has 0 aliphatic carbocycles. The summed E-state index contributed by atoms with van der Waals surface area (Å²) in [7, 11) is 3.17. The van der Waals surface area contributed by atoms with Crippen molar-refractivity contribution in [2.75, 3.05) is 52.3 Å². The van der Waals surface area contributed by atoms with Crippen LogP contribution in [0.1, 0.15) is 24.2 Å². The second-order valence-corrected chi connectivity index (χ2v) is 8.44. The van der Waals surface area contributed by atoms with Crippen LogP contribution in [0.2, 0.25) is 0 Å². The van der Waals surface area contributed by atoms with Crippen LogP contribution in [-0.4, -0.2) is 74.8 Å². The summed E-state index contributed by atoms with van der Waals surface area (Å²) in [6, 6.07) is 14.2. The molecule has 8 nitrogen and oxygen atoms in total. The van der Waals surface area contributed by atoms with Gasteiger partial charge in [0.1, 0.15) is 11.5 Å². The third kappa shape index (κ3) is 6.86. The maximum absolute atomic E-state index is 13.2. The smallest absolute Gasteiger partial charge is 0.322 e. The lowest BCUT2D eigenvalue weighted by Gasteiger charge is -2.36. The number of amides is 3. The molecule has 1 N–H and O–H groups in total. The van der Waals surface area contributed by atoms with Gasteiger partial charge in [-0.1, -0.05) is 26.0 Å². The van der Waals surface area contributed by atoms with Gasteiger partial charge < -0.3 is 29.3 Å². The number of nitrogens with zero attached hydrogens (tertiary/aromatic N) is 2. The fourth-order valence-electron chi connectivity index (χ4n) is 3.78. The topological polar surface area (TPSA) is 80.3 Å². The number of anilines is 1. The highest BCUT2D eigenvalue weighted by Gasteiger charge is 2.28. The molecule has 1 heterocycles. The van der Waals surface area contributed by atoms with Gasteiger partial charge >= 0.3 is 6.03 Å². The summed E-state index contributed by atoms with van der Waals surface area (Å²) in [4.78, 5) is 29.6. The molecule has 2 aromatic carbocycles. The lowest BCUT2D eigenvalue weighted by atomic mass is 10.1. The number of carbonyl (C=O) groups excluding carboxylic acids is 2. The fraction of sp³-hybridized carbons (Fsp3) is 0.440. The highest BCUT2D eigenvalue weighted by Crippen LogP contribution is 2.19. The average molecular weight is 456 g/mol. The molecule has 33 heavy (non-hydrogen) atoms. The molecule has 178 valence electrons. The molecule has 0 spiro atoms. The van der Waals surface area contributed by atoms with Crippen LogP contribution in [0.25, 0.3) is 0 Å². The first-order chi connectivity index (χ1) is 15.9. The van der Waals surface area contributed by atoms with Crippen LogP contribution < -0.4 is 14.8 Å². The molecule has 1 fully saturated rings. The van der Waals surface area contributed by atoms with Gasteiger partial charge in [0.05, 0.1) is 33.5 Å². The second kappa shape index (κ2) is 11.6. The Bertz CT molecular complexity index is 949. The zero-order valence-corrected chi connectivity index (χ0v) is 19.7. The van der Waals surface area contributed by atoms with E-state index in [1.54, 1.807) is 48.3 Å². The Morgan fingerprint density at radius 3 is 2.52 bits per heavy atom. The first kappa shape index (κ1) is 24.4. The molecule has 0 radical (unpaired) electrons. The van der Waals surface area contributed by atoms with Crippen molar-refractivity contribution in [2.45, 2.75) is 20.0 Å². The minimum absolute atomic E-state index is 0.0795. The van der Waals surface area contributed by atoms with Crippen molar-refractivity contribution in [2.24, 2.45) is 5.92 Å². The Labute approximate surface area is 195 Å². The van der Waals surface area contributed by atoms with E-state index in [1.165, 1.54) is 0 Å². The van der Waals surface area contributed by atoms with Crippen molar-refractivity contribution >= 4 is 17.6 Å². The summed E-state index contributed by atoms with van der Waals surface area (Å²) in [5.74, 6) is 1.52. The molecule has 3 amide bonds. The Morgan fingerprint density at radius 2 is 1.82 bits per heavy atom. The molecule has 0 aromatic heterocycles. The van der Waals surface area contributed by atoms with E-state index >= 15 is 0 Å². The molecule has 1 atom stereocenters. The molecule has 2 aromatic rings. The first-order valence-electron chi connectivity index (χ1n) is 11.1. The maximum Gasteiger partial charge on any atom is 0.322 e. The average Bonchev–Trinajstić information content (AvgIpc) is 2.83. The van der Waals surface area contributed by atoms with Crippen molar-refractivity contribution in [1.29, 1.82) is 0 Å². The van der Waals surface area contributed by atoms with E-state index in [1.807, 2.05) is 24.3 Å². The third-order valence-corrected chi connectivity index (χ3v) is 5.36. The number of morpholine rings is 1. The van der Waals surface area contributed by atoms with Gasteiger partial charge in [-0.25, -0.2) is 4.79 Å². The lowest BCUT2D eigenvalue weighted by Crippen LogP contribution is -2.52. The highest BCUT2D eigenvalue weighted by atomic mass is 16.5. The van der Waals surface area contributed by atoms with Gasteiger partial charge in [0.2, 0.25) is 0 Å². The number of ether oxygens (including phenoxy) is 3. The van der Waals surface area contributed by atoms with E-state index in [4.69, 9.17) is 14.2 Å². The summed E-state index contributed by atoms with van der Waals surface area (Å²) >= 11 is 0. The van der Waals surface area contributed by atoms with Crippen molar-refractivity contribution < 1.29 is 23.8 Å². The van der Waals surface area contributed by atoms with Crippen molar-refractivity contribution in [3.8, 4) is 11.5 Å². The summed E-state index contributed by atoms with van der Waals surface area (Å²) in [6.07, 6.45) is -0.275. The number of carbonyl (C=O) groups is 2. The molecular weight excluding hydrogens is 422 g/mol. The molecule has 0 unspecified atom stereocenters. The van der Waals surface area contributed by atoms with Crippen LogP contribution >= 0.6 is 0 Å². The van der Waals surface area contributed by atoms with Gasteiger partial charge in [-0.05, 0) is 36.2 Å². The van der Waals surface area contributed by atoms with Crippen molar-refractivity contribution in [1.82, 2.24) is 9.80 Å². The number of nitrogens with one attached hydrogen (secondary N) is 1. The Kier molecular flexibility index (Phi) is 8.54. The van der Waals surface area contributed by atoms with Gasteiger partial charge in [0, 0.05) is 37.0 Å². The molecule has 8 heteroatoms. The van der Waals surface area contributed by atoms with Crippen molar-refractivity contribution in [3.63, 3.8) is 0 Å². The van der Waals surface area contributed by atoms with Crippen LogP contribution in [0.5, 0.6) is 11.5 Å². The molecule has 1 saturated heterocycles. The van der Waals surface area contributed by atoms with Crippen LogP contribution in [0.3, 0.4) is 0 Å². The Hall–Kier alpha value is -3.26. The number of methoxy groups -OCH3 is 2. The molecule has 0 saturated carbocycles. The molecular formula is C25H33N3O5. The van der Waals surface area contributed by atoms with E-state index in [-0.39, 0.29) is 24.0 Å².